The number of hydrogen-bond donors (Lipinski definition) is 1. The number of methoxy groups -OCH3 is 1. The van der Waals surface area contributed by atoms with Crippen LogP contribution in [0.5, 0.6) is 5.75 Å². The van der Waals surface area contributed by atoms with Gasteiger partial charge < -0.3 is 10.1 Å². The normalized spacial score (nSPS) is 34.2. The Balaban J connectivity index is 1.93. The number of halogens is 1. The van der Waals surface area contributed by atoms with E-state index in [9.17, 15) is 0 Å². The van der Waals surface area contributed by atoms with E-state index in [2.05, 4.69) is 48.1 Å². The van der Waals surface area contributed by atoms with Gasteiger partial charge >= 0.3 is 0 Å². The summed E-state index contributed by atoms with van der Waals surface area (Å²) >= 11 is 3.56. The molecule has 1 aromatic rings. The van der Waals surface area contributed by atoms with Gasteiger partial charge in [0.2, 0.25) is 0 Å². The third-order valence-electron chi connectivity index (χ3n) is 5.73. The van der Waals surface area contributed by atoms with Crippen molar-refractivity contribution in [2.75, 3.05) is 12.4 Å². The molecule has 1 unspecified atom stereocenters. The molecule has 0 saturated heterocycles. The first kappa shape index (κ1) is 14.2. The molecule has 3 heteroatoms. The molecule has 0 heterocycles. The van der Waals surface area contributed by atoms with Crippen molar-refractivity contribution in [2.24, 2.45) is 16.7 Å². The molecule has 3 atom stereocenters. The van der Waals surface area contributed by atoms with Crippen molar-refractivity contribution < 1.29 is 4.74 Å². The van der Waals surface area contributed by atoms with Crippen LogP contribution in [0.15, 0.2) is 22.7 Å². The lowest BCUT2D eigenvalue weighted by Gasteiger charge is -2.43. The Kier molecular flexibility index (Phi) is 3.32. The van der Waals surface area contributed by atoms with Crippen molar-refractivity contribution in [3.8, 4) is 5.75 Å². The van der Waals surface area contributed by atoms with E-state index in [1.807, 2.05) is 12.1 Å². The lowest BCUT2D eigenvalue weighted by atomic mass is 9.68. The van der Waals surface area contributed by atoms with Gasteiger partial charge in [0.15, 0.2) is 0 Å². The summed E-state index contributed by atoms with van der Waals surface area (Å²) in [5.74, 6) is 1.78. The first-order valence-electron chi connectivity index (χ1n) is 7.47. The van der Waals surface area contributed by atoms with Crippen LogP contribution in [-0.4, -0.2) is 13.2 Å². The van der Waals surface area contributed by atoms with Gasteiger partial charge in [-0.3, -0.25) is 0 Å². The molecule has 0 aromatic heterocycles. The Morgan fingerprint density at radius 2 is 2.05 bits per heavy atom. The van der Waals surface area contributed by atoms with E-state index in [1.54, 1.807) is 7.11 Å². The maximum absolute atomic E-state index is 5.51. The van der Waals surface area contributed by atoms with E-state index in [0.29, 0.717) is 16.9 Å². The molecule has 20 heavy (non-hydrogen) atoms. The van der Waals surface area contributed by atoms with E-state index >= 15 is 0 Å². The number of nitrogens with one attached hydrogen (secondary N) is 1. The summed E-state index contributed by atoms with van der Waals surface area (Å²) in [6, 6.07) is 6.69. The summed E-state index contributed by atoms with van der Waals surface area (Å²) in [7, 11) is 1.74. The zero-order chi connectivity index (χ0) is 14.5. The first-order chi connectivity index (χ1) is 9.37. The molecule has 2 aliphatic carbocycles. The van der Waals surface area contributed by atoms with Gasteiger partial charge in [0.25, 0.3) is 0 Å². The maximum atomic E-state index is 5.51. The average molecular weight is 338 g/mol. The molecule has 2 fully saturated rings. The first-order valence-corrected chi connectivity index (χ1v) is 8.26. The monoisotopic (exact) mass is 337 g/mol. The van der Waals surface area contributed by atoms with Crippen molar-refractivity contribution >= 4 is 21.6 Å². The molecular formula is C17H24BrNO. The van der Waals surface area contributed by atoms with E-state index < -0.39 is 0 Å². The summed E-state index contributed by atoms with van der Waals surface area (Å²) in [4.78, 5) is 0. The maximum Gasteiger partial charge on any atom is 0.142 e. The molecule has 2 aliphatic rings. The van der Waals surface area contributed by atoms with E-state index in [0.717, 1.165) is 21.8 Å². The number of fused-ring (bicyclic) bond motifs is 2. The lowest BCUT2D eigenvalue weighted by molar-refractivity contribution is 0.155. The Bertz CT molecular complexity index is 523. The predicted octanol–water partition coefficient (Wildman–Crippen LogP) is 5.08. The van der Waals surface area contributed by atoms with E-state index in [1.165, 1.54) is 19.3 Å². The van der Waals surface area contributed by atoms with Crippen LogP contribution in [-0.2, 0) is 0 Å². The smallest absolute Gasteiger partial charge is 0.142 e. The van der Waals surface area contributed by atoms with Crippen LogP contribution in [0.3, 0.4) is 0 Å². The highest BCUT2D eigenvalue weighted by molar-refractivity contribution is 9.10. The highest BCUT2D eigenvalue weighted by Gasteiger charge is 2.59. The number of ether oxygens (including phenoxy) is 1. The summed E-state index contributed by atoms with van der Waals surface area (Å²) < 4.78 is 6.60. The van der Waals surface area contributed by atoms with Gasteiger partial charge in [0.05, 0.1) is 12.8 Å². The van der Waals surface area contributed by atoms with Gasteiger partial charge in [-0.25, -0.2) is 0 Å². The van der Waals surface area contributed by atoms with Crippen molar-refractivity contribution in [1.82, 2.24) is 0 Å². The van der Waals surface area contributed by atoms with Gasteiger partial charge in [-0.15, -0.1) is 0 Å². The summed E-state index contributed by atoms with van der Waals surface area (Å²) in [5.41, 5.74) is 1.87. The van der Waals surface area contributed by atoms with Crippen LogP contribution >= 0.6 is 15.9 Å². The zero-order valence-corrected chi connectivity index (χ0v) is 14.4. The number of anilines is 1. The molecule has 2 saturated carbocycles. The molecule has 2 nitrogen and oxygen atoms in total. The molecule has 1 N–H and O–H groups in total. The molecule has 0 amide bonds. The van der Waals surface area contributed by atoms with Crippen LogP contribution in [0.1, 0.15) is 40.0 Å². The molecule has 0 radical (unpaired) electrons. The third-order valence-corrected chi connectivity index (χ3v) is 6.22. The van der Waals surface area contributed by atoms with Crippen LogP contribution in [0.4, 0.5) is 5.69 Å². The molecular weight excluding hydrogens is 314 g/mol. The van der Waals surface area contributed by atoms with Crippen LogP contribution in [0, 0.1) is 16.7 Å². The second-order valence-corrected chi connectivity index (χ2v) is 8.25. The number of benzene rings is 1. The van der Waals surface area contributed by atoms with Gasteiger partial charge in [0, 0.05) is 10.5 Å². The minimum atomic E-state index is 0.348. The van der Waals surface area contributed by atoms with Crippen molar-refractivity contribution in [2.45, 2.75) is 46.1 Å². The fourth-order valence-electron chi connectivity index (χ4n) is 4.61. The Hall–Kier alpha value is -0.700. The second kappa shape index (κ2) is 4.66. The van der Waals surface area contributed by atoms with Crippen LogP contribution in [0.25, 0.3) is 0 Å². The Morgan fingerprint density at radius 1 is 1.30 bits per heavy atom. The van der Waals surface area contributed by atoms with Gasteiger partial charge in [-0.05, 0) is 54.2 Å². The Morgan fingerprint density at radius 3 is 2.65 bits per heavy atom. The molecule has 0 spiro atoms. The molecule has 110 valence electrons. The standard InChI is InChI=1S/C17H24BrNO/c1-16(2)11-7-8-17(3,10-11)15(16)19-13-9-12(18)5-6-14(13)20-4/h5-6,9,11,15,19H,7-8,10H2,1-4H3/t11-,15?,17+/m0/s1. The van der Waals surface area contributed by atoms with Crippen LogP contribution in [0.2, 0.25) is 0 Å². The van der Waals surface area contributed by atoms with Gasteiger partial charge in [-0.1, -0.05) is 36.7 Å². The van der Waals surface area contributed by atoms with E-state index in [4.69, 9.17) is 4.74 Å². The fraction of sp³-hybridized carbons (Fsp3) is 0.647. The van der Waals surface area contributed by atoms with Crippen molar-refractivity contribution in [3.63, 3.8) is 0 Å². The fourth-order valence-corrected chi connectivity index (χ4v) is 4.97. The van der Waals surface area contributed by atoms with E-state index in [-0.39, 0.29) is 0 Å². The minimum absolute atomic E-state index is 0.348. The molecule has 3 rings (SSSR count). The summed E-state index contributed by atoms with van der Waals surface area (Å²) in [6.07, 6.45) is 4.08. The quantitative estimate of drug-likeness (QED) is 0.829. The lowest BCUT2D eigenvalue weighted by Crippen LogP contribution is -2.45. The van der Waals surface area contributed by atoms with Crippen LogP contribution < -0.4 is 10.1 Å². The third kappa shape index (κ3) is 2.05. The zero-order valence-electron chi connectivity index (χ0n) is 12.8. The Labute approximate surface area is 130 Å². The largest absolute Gasteiger partial charge is 0.495 e. The number of rotatable bonds is 3. The molecule has 1 aromatic carbocycles. The summed E-state index contributed by atoms with van der Waals surface area (Å²) in [5, 5.41) is 3.81. The summed E-state index contributed by atoms with van der Waals surface area (Å²) in [6.45, 7) is 7.29. The topological polar surface area (TPSA) is 21.3 Å². The van der Waals surface area contributed by atoms with Gasteiger partial charge in [-0.2, -0.15) is 0 Å². The second-order valence-electron chi connectivity index (χ2n) is 7.34. The predicted molar refractivity (Wildman–Crippen MR) is 87.3 cm³/mol. The van der Waals surface area contributed by atoms with Gasteiger partial charge in [0.1, 0.15) is 5.75 Å². The highest BCUT2D eigenvalue weighted by Crippen LogP contribution is 2.63. The molecule has 2 bridgehead atoms. The SMILES string of the molecule is COc1ccc(Br)cc1NC1C(C)(C)[C@H]2CC[C@]1(C)C2. The molecule has 0 aliphatic heterocycles. The minimum Gasteiger partial charge on any atom is -0.495 e. The number of hydrogen-bond acceptors (Lipinski definition) is 2. The highest BCUT2D eigenvalue weighted by atomic mass is 79.9. The van der Waals surface area contributed by atoms with Crippen molar-refractivity contribution in [1.29, 1.82) is 0 Å². The average Bonchev–Trinajstić information content (AvgIpc) is 2.86. The van der Waals surface area contributed by atoms with Crippen molar-refractivity contribution in [3.05, 3.63) is 22.7 Å².